The molecule has 0 spiro atoms. The lowest BCUT2D eigenvalue weighted by Gasteiger charge is -2.22. The SMILES string of the molecule is COCCO[C@@H]1CCN(C(=O)N[C@@H]2C[C@H]2C2CCCCC2)C1. The lowest BCUT2D eigenvalue weighted by Crippen LogP contribution is -2.41. The summed E-state index contributed by atoms with van der Waals surface area (Å²) >= 11 is 0. The van der Waals surface area contributed by atoms with Gasteiger partial charge < -0.3 is 19.7 Å². The average Bonchev–Trinajstić information content (AvgIpc) is 3.14. The molecule has 3 aliphatic rings. The molecule has 3 atom stereocenters. The molecule has 2 aliphatic carbocycles. The van der Waals surface area contributed by atoms with Crippen LogP contribution >= 0.6 is 0 Å². The highest BCUT2D eigenvalue weighted by molar-refractivity contribution is 5.75. The van der Waals surface area contributed by atoms with Gasteiger partial charge in [-0.15, -0.1) is 0 Å². The number of urea groups is 1. The summed E-state index contributed by atoms with van der Waals surface area (Å²) in [6.07, 6.45) is 9.22. The molecule has 5 heteroatoms. The van der Waals surface area contributed by atoms with E-state index in [0.29, 0.717) is 19.3 Å². The second-order valence-corrected chi connectivity index (χ2v) is 7.07. The van der Waals surface area contributed by atoms with Crippen molar-refractivity contribution >= 4 is 6.03 Å². The van der Waals surface area contributed by atoms with Crippen LogP contribution in [0.2, 0.25) is 0 Å². The van der Waals surface area contributed by atoms with Crippen molar-refractivity contribution < 1.29 is 14.3 Å². The van der Waals surface area contributed by atoms with E-state index in [1.165, 1.54) is 38.5 Å². The first-order valence-electron chi connectivity index (χ1n) is 8.94. The molecule has 1 heterocycles. The molecule has 0 aromatic heterocycles. The topological polar surface area (TPSA) is 50.8 Å². The molecule has 0 aromatic rings. The molecule has 2 amide bonds. The maximum atomic E-state index is 12.3. The number of likely N-dealkylation sites (tertiary alicyclic amines) is 1. The van der Waals surface area contributed by atoms with E-state index < -0.39 is 0 Å². The smallest absolute Gasteiger partial charge is 0.317 e. The van der Waals surface area contributed by atoms with Crippen LogP contribution in [0.5, 0.6) is 0 Å². The molecule has 0 unspecified atom stereocenters. The highest BCUT2D eigenvalue weighted by atomic mass is 16.5. The van der Waals surface area contributed by atoms with Crippen molar-refractivity contribution in [2.24, 2.45) is 11.8 Å². The van der Waals surface area contributed by atoms with Gasteiger partial charge in [-0.25, -0.2) is 4.79 Å². The molecular formula is C17H30N2O3. The summed E-state index contributed by atoms with van der Waals surface area (Å²) in [6, 6.07) is 0.546. The second kappa shape index (κ2) is 7.64. The minimum atomic E-state index is 0.112. The van der Waals surface area contributed by atoms with E-state index >= 15 is 0 Å². The third-order valence-corrected chi connectivity index (χ3v) is 5.48. The number of rotatable bonds is 6. The zero-order valence-corrected chi connectivity index (χ0v) is 13.8. The van der Waals surface area contributed by atoms with Crippen LogP contribution in [0.15, 0.2) is 0 Å². The van der Waals surface area contributed by atoms with Gasteiger partial charge in [-0.05, 0) is 24.7 Å². The Labute approximate surface area is 133 Å². The van der Waals surface area contributed by atoms with Gasteiger partial charge in [0, 0.05) is 26.2 Å². The maximum absolute atomic E-state index is 12.3. The van der Waals surface area contributed by atoms with E-state index in [1.54, 1.807) is 7.11 Å². The quantitative estimate of drug-likeness (QED) is 0.767. The Morgan fingerprint density at radius 3 is 2.77 bits per heavy atom. The Morgan fingerprint density at radius 1 is 1.18 bits per heavy atom. The molecule has 0 bridgehead atoms. The lowest BCUT2D eigenvalue weighted by molar-refractivity contribution is 0.0236. The molecule has 0 radical (unpaired) electrons. The molecule has 3 fully saturated rings. The molecule has 3 rings (SSSR count). The Kier molecular flexibility index (Phi) is 5.58. The highest BCUT2D eigenvalue weighted by Crippen LogP contribution is 2.44. The molecule has 1 saturated heterocycles. The number of carbonyl (C=O) groups excluding carboxylic acids is 1. The van der Waals surface area contributed by atoms with Crippen molar-refractivity contribution in [1.82, 2.24) is 10.2 Å². The minimum Gasteiger partial charge on any atom is -0.382 e. The largest absolute Gasteiger partial charge is 0.382 e. The monoisotopic (exact) mass is 310 g/mol. The summed E-state index contributed by atoms with van der Waals surface area (Å²) in [4.78, 5) is 14.2. The zero-order chi connectivity index (χ0) is 15.4. The Bertz CT molecular complexity index is 371. The first kappa shape index (κ1) is 16.1. The number of hydrogen-bond acceptors (Lipinski definition) is 3. The first-order valence-corrected chi connectivity index (χ1v) is 8.94. The van der Waals surface area contributed by atoms with Crippen LogP contribution in [-0.4, -0.2) is 56.5 Å². The maximum Gasteiger partial charge on any atom is 0.317 e. The van der Waals surface area contributed by atoms with Crippen molar-refractivity contribution in [3.63, 3.8) is 0 Å². The number of methoxy groups -OCH3 is 1. The van der Waals surface area contributed by atoms with E-state index in [1.807, 2.05) is 4.90 Å². The number of carbonyl (C=O) groups is 1. The number of hydrogen-bond donors (Lipinski definition) is 1. The fourth-order valence-electron chi connectivity index (χ4n) is 4.06. The predicted molar refractivity (Wildman–Crippen MR) is 84.8 cm³/mol. The van der Waals surface area contributed by atoms with Crippen LogP contribution in [0.25, 0.3) is 0 Å². The van der Waals surface area contributed by atoms with Crippen molar-refractivity contribution in [3.8, 4) is 0 Å². The first-order chi connectivity index (χ1) is 10.8. The fraction of sp³-hybridized carbons (Fsp3) is 0.941. The van der Waals surface area contributed by atoms with E-state index in [4.69, 9.17) is 9.47 Å². The van der Waals surface area contributed by atoms with Crippen LogP contribution < -0.4 is 5.32 Å². The zero-order valence-electron chi connectivity index (χ0n) is 13.8. The fourth-order valence-corrected chi connectivity index (χ4v) is 4.06. The number of ether oxygens (including phenoxy) is 2. The number of nitrogens with one attached hydrogen (secondary N) is 1. The molecular weight excluding hydrogens is 280 g/mol. The van der Waals surface area contributed by atoms with Crippen LogP contribution in [0.3, 0.4) is 0 Å². The summed E-state index contributed by atoms with van der Waals surface area (Å²) in [5.41, 5.74) is 0. The molecule has 1 aliphatic heterocycles. The van der Waals surface area contributed by atoms with Gasteiger partial charge in [-0.3, -0.25) is 0 Å². The molecule has 2 saturated carbocycles. The molecule has 5 nitrogen and oxygen atoms in total. The minimum absolute atomic E-state index is 0.112. The molecule has 1 N–H and O–H groups in total. The van der Waals surface area contributed by atoms with E-state index in [9.17, 15) is 4.79 Å². The van der Waals surface area contributed by atoms with Gasteiger partial charge in [0.15, 0.2) is 0 Å². The van der Waals surface area contributed by atoms with E-state index in [-0.39, 0.29) is 12.1 Å². The van der Waals surface area contributed by atoms with Gasteiger partial charge in [-0.1, -0.05) is 32.1 Å². The summed E-state index contributed by atoms with van der Waals surface area (Å²) in [5.74, 6) is 1.61. The average molecular weight is 310 g/mol. The Morgan fingerprint density at radius 2 is 2.00 bits per heavy atom. The van der Waals surface area contributed by atoms with Gasteiger partial charge in [0.05, 0.1) is 19.3 Å². The van der Waals surface area contributed by atoms with E-state index in [0.717, 1.165) is 31.3 Å². The van der Waals surface area contributed by atoms with Gasteiger partial charge in [0.25, 0.3) is 0 Å². The van der Waals surface area contributed by atoms with Gasteiger partial charge in [-0.2, -0.15) is 0 Å². The predicted octanol–water partition coefficient (Wildman–Crippen LogP) is 2.40. The third-order valence-electron chi connectivity index (χ3n) is 5.48. The van der Waals surface area contributed by atoms with Gasteiger partial charge in [0.1, 0.15) is 0 Å². The van der Waals surface area contributed by atoms with Gasteiger partial charge >= 0.3 is 6.03 Å². The van der Waals surface area contributed by atoms with Crippen molar-refractivity contribution in [3.05, 3.63) is 0 Å². The van der Waals surface area contributed by atoms with Crippen molar-refractivity contribution in [1.29, 1.82) is 0 Å². The number of nitrogens with zero attached hydrogens (tertiary/aromatic N) is 1. The number of amides is 2. The Hall–Kier alpha value is -0.810. The van der Waals surface area contributed by atoms with Crippen molar-refractivity contribution in [2.75, 3.05) is 33.4 Å². The summed E-state index contributed by atoms with van der Waals surface area (Å²) in [7, 11) is 1.68. The Balaban J connectivity index is 1.35. The summed E-state index contributed by atoms with van der Waals surface area (Å²) < 4.78 is 10.7. The van der Waals surface area contributed by atoms with Crippen LogP contribution in [0, 0.1) is 11.8 Å². The normalized spacial score (nSPS) is 32.2. The highest BCUT2D eigenvalue weighted by Gasteiger charge is 2.44. The van der Waals surface area contributed by atoms with E-state index in [2.05, 4.69) is 5.32 Å². The third kappa shape index (κ3) is 4.13. The van der Waals surface area contributed by atoms with Crippen LogP contribution in [-0.2, 0) is 9.47 Å². The molecule has 22 heavy (non-hydrogen) atoms. The summed E-state index contributed by atoms with van der Waals surface area (Å²) in [6.45, 7) is 2.76. The van der Waals surface area contributed by atoms with Crippen LogP contribution in [0.1, 0.15) is 44.9 Å². The second-order valence-electron chi connectivity index (χ2n) is 7.07. The van der Waals surface area contributed by atoms with Crippen LogP contribution in [0.4, 0.5) is 4.79 Å². The lowest BCUT2D eigenvalue weighted by atomic mass is 9.85. The standard InChI is InChI=1S/C17H30N2O3/c1-21-9-10-22-14-7-8-19(12-14)17(20)18-16-11-15(16)13-5-3-2-4-6-13/h13-16H,2-12H2,1H3,(H,18,20)/t14-,15+,16-/m1/s1. The van der Waals surface area contributed by atoms with Crippen molar-refractivity contribution in [2.45, 2.75) is 57.1 Å². The molecule has 126 valence electrons. The molecule has 0 aromatic carbocycles. The summed E-state index contributed by atoms with van der Waals surface area (Å²) in [5, 5.41) is 3.24. The van der Waals surface area contributed by atoms with Gasteiger partial charge in [0.2, 0.25) is 0 Å².